The van der Waals surface area contributed by atoms with Crippen LogP contribution in [0.25, 0.3) is 0 Å². The van der Waals surface area contributed by atoms with Crippen LogP contribution < -0.4 is 10.2 Å². The Balaban J connectivity index is 1.85. The molecule has 1 saturated heterocycles. The number of rotatable bonds is 1. The number of amides is 1. The van der Waals surface area contributed by atoms with E-state index in [1.165, 1.54) is 18.2 Å². The summed E-state index contributed by atoms with van der Waals surface area (Å²) in [6.45, 7) is 3.63. The largest absolute Gasteiger partial charge is 0.317 e. The Bertz CT molecular complexity index is 830. The van der Waals surface area contributed by atoms with Gasteiger partial charge in [0.15, 0.2) is 0 Å². The fraction of sp³-hybridized carbons (Fsp3) is 0.350. The predicted molar refractivity (Wildman–Crippen MR) is 92.9 cm³/mol. The molecule has 5 heteroatoms. The normalized spacial score (nSPS) is 21.4. The maximum atomic E-state index is 14.2. The van der Waals surface area contributed by atoms with E-state index in [2.05, 4.69) is 5.32 Å². The van der Waals surface area contributed by atoms with Crippen molar-refractivity contribution in [2.45, 2.75) is 31.2 Å². The van der Waals surface area contributed by atoms with Crippen molar-refractivity contribution < 1.29 is 13.6 Å². The zero-order valence-electron chi connectivity index (χ0n) is 14.1. The highest BCUT2D eigenvalue weighted by Gasteiger charge is 2.51. The van der Waals surface area contributed by atoms with Crippen molar-refractivity contribution in [3.63, 3.8) is 0 Å². The molecule has 2 aliphatic heterocycles. The first-order chi connectivity index (χ1) is 12.0. The molecule has 1 spiro atoms. The smallest absolute Gasteiger partial charge is 0.261 e. The maximum Gasteiger partial charge on any atom is 0.261 e. The van der Waals surface area contributed by atoms with Gasteiger partial charge in [0, 0.05) is 17.1 Å². The topological polar surface area (TPSA) is 32.3 Å². The lowest BCUT2D eigenvalue weighted by molar-refractivity contribution is 0.0964. The standard InChI is InChI=1S/C20H20F2N2O/c1-13-20(8-10-23-11-9-20)16-12-14(21)6-7-18(16)24(13)19(25)15-4-2-3-5-17(15)22/h2-7,12-13,23H,8-11H2,1H3/t13-/m1/s1. The van der Waals surface area contributed by atoms with E-state index in [-0.39, 0.29) is 28.7 Å². The summed E-state index contributed by atoms with van der Waals surface area (Å²) in [7, 11) is 0. The lowest BCUT2D eigenvalue weighted by Crippen LogP contribution is -2.50. The van der Waals surface area contributed by atoms with Gasteiger partial charge in [0.05, 0.1) is 5.56 Å². The van der Waals surface area contributed by atoms with Gasteiger partial charge in [0.2, 0.25) is 0 Å². The number of anilines is 1. The van der Waals surface area contributed by atoms with Crippen LogP contribution in [0.3, 0.4) is 0 Å². The Kier molecular flexibility index (Phi) is 3.84. The summed E-state index contributed by atoms with van der Waals surface area (Å²) in [4.78, 5) is 14.8. The summed E-state index contributed by atoms with van der Waals surface area (Å²) in [5, 5.41) is 3.33. The molecule has 0 saturated carbocycles. The average molecular weight is 342 g/mol. The van der Waals surface area contributed by atoms with Crippen molar-refractivity contribution in [1.82, 2.24) is 5.32 Å². The molecule has 2 aliphatic rings. The van der Waals surface area contributed by atoms with Crippen molar-refractivity contribution in [3.05, 3.63) is 65.2 Å². The molecule has 2 heterocycles. The number of nitrogens with zero attached hydrogens (tertiary/aromatic N) is 1. The number of carbonyl (C=O) groups is 1. The molecule has 130 valence electrons. The third kappa shape index (κ3) is 2.37. The highest BCUT2D eigenvalue weighted by Crippen LogP contribution is 2.50. The van der Waals surface area contributed by atoms with Gasteiger partial charge in [-0.1, -0.05) is 12.1 Å². The third-order valence-electron chi connectivity index (χ3n) is 5.76. The summed E-state index contributed by atoms with van der Waals surface area (Å²) in [6, 6.07) is 10.4. The minimum absolute atomic E-state index is 0.0515. The maximum absolute atomic E-state index is 14.2. The van der Waals surface area contributed by atoms with E-state index in [0.29, 0.717) is 5.69 Å². The second-order valence-electron chi connectivity index (χ2n) is 6.90. The van der Waals surface area contributed by atoms with Gasteiger partial charge in [0.25, 0.3) is 5.91 Å². The zero-order chi connectivity index (χ0) is 17.6. The van der Waals surface area contributed by atoms with Gasteiger partial charge >= 0.3 is 0 Å². The molecular weight excluding hydrogens is 322 g/mol. The van der Waals surface area contributed by atoms with Crippen LogP contribution in [-0.2, 0) is 5.41 Å². The van der Waals surface area contributed by atoms with Crippen molar-refractivity contribution in [1.29, 1.82) is 0 Å². The third-order valence-corrected chi connectivity index (χ3v) is 5.76. The first-order valence-electron chi connectivity index (χ1n) is 8.63. The minimum Gasteiger partial charge on any atom is -0.317 e. The highest BCUT2D eigenvalue weighted by molar-refractivity contribution is 6.08. The van der Waals surface area contributed by atoms with E-state index in [0.717, 1.165) is 31.5 Å². The molecule has 0 radical (unpaired) electrons. The van der Waals surface area contributed by atoms with Gasteiger partial charge in [0.1, 0.15) is 11.6 Å². The lowest BCUT2D eigenvalue weighted by Gasteiger charge is -2.40. The van der Waals surface area contributed by atoms with Crippen molar-refractivity contribution in [2.24, 2.45) is 0 Å². The number of fused-ring (bicyclic) bond motifs is 2. The van der Waals surface area contributed by atoms with Gasteiger partial charge in [-0.05, 0) is 68.8 Å². The summed E-state index contributed by atoms with van der Waals surface area (Å²) in [5.74, 6) is -1.20. The lowest BCUT2D eigenvalue weighted by atomic mass is 9.70. The molecule has 1 N–H and O–H groups in total. The first-order valence-corrected chi connectivity index (χ1v) is 8.63. The number of hydrogen-bond acceptors (Lipinski definition) is 2. The van der Waals surface area contributed by atoms with E-state index in [9.17, 15) is 13.6 Å². The Morgan fingerprint density at radius 3 is 2.60 bits per heavy atom. The number of carbonyl (C=O) groups excluding carboxylic acids is 1. The quantitative estimate of drug-likeness (QED) is 0.858. The molecule has 0 bridgehead atoms. The second kappa shape index (κ2) is 5.92. The van der Waals surface area contributed by atoms with E-state index in [1.54, 1.807) is 29.2 Å². The molecule has 3 nitrogen and oxygen atoms in total. The Morgan fingerprint density at radius 1 is 1.16 bits per heavy atom. The average Bonchev–Trinajstić information content (AvgIpc) is 2.84. The SMILES string of the molecule is C[C@H]1N(C(=O)c2ccccc2F)c2ccc(F)cc2C12CCNCC2. The molecule has 1 atom stereocenters. The van der Waals surface area contributed by atoms with Crippen LogP contribution in [0, 0.1) is 11.6 Å². The van der Waals surface area contributed by atoms with E-state index in [4.69, 9.17) is 0 Å². The van der Waals surface area contributed by atoms with Gasteiger partial charge in [-0.25, -0.2) is 8.78 Å². The van der Waals surface area contributed by atoms with Crippen molar-refractivity contribution in [2.75, 3.05) is 18.0 Å². The minimum atomic E-state index is -0.533. The van der Waals surface area contributed by atoms with Crippen LogP contribution in [0.1, 0.15) is 35.7 Å². The number of nitrogens with one attached hydrogen (secondary N) is 1. The first kappa shape index (κ1) is 16.2. The van der Waals surface area contributed by atoms with Crippen LogP contribution in [0.2, 0.25) is 0 Å². The predicted octanol–water partition coefficient (Wildman–Crippen LogP) is 3.63. The fourth-order valence-corrected chi connectivity index (χ4v) is 4.41. The van der Waals surface area contributed by atoms with E-state index >= 15 is 0 Å². The Labute approximate surface area is 145 Å². The molecule has 2 aromatic carbocycles. The molecule has 25 heavy (non-hydrogen) atoms. The number of hydrogen-bond donors (Lipinski definition) is 1. The number of piperidine rings is 1. The van der Waals surface area contributed by atoms with Gasteiger partial charge < -0.3 is 10.2 Å². The van der Waals surface area contributed by atoms with Crippen molar-refractivity contribution in [3.8, 4) is 0 Å². The summed E-state index contributed by atoms with van der Waals surface area (Å²) >= 11 is 0. The monoisotopic (exact) mass is 342 g/mol. The molecule has 2 aromatic rings. The summed E-state index contributed by atoms with van der Waals surface area (Å²) in [6.07, 6.45) is 1.65. The van der Waals surface area contributed by atoms with Crippen LogP contribution in [0.15, 0.2) is 42.5 Å². The molecule has 0 aromatic heterocycles. The molecule has 0 aliphatic carbocycles. The zero-order valence-corrected chi connectivity index (χ0v) is 14.1. The summed E-state index contributed by atoms with van der Waals surface area (Å²) in [5.41, 5.74) is 1.33. The van der Waals surface area contributed by atoms with E-state index < -0.39 is 5.82 Å². The van der Waals surface area contributed by atoms with Crippen LogP contribution in [-0.4, -0.2) is 25.0 Å². The van der Waals surface area contributed by atoms with Crippen LogP contribution in [0.4, 0.5) is 14.5 Å². The Morgan fingerprint density at radius 2 is 1.88 bits per heavy atom. The van der Waals surface area contributed by atoms with Gasteiger partial charge in [-0.2, -0.15) is 0 Å². The van der Waals surface area contributed by atoms with E-state index in [1.807, 2.05) is 6.92 Å². The van der Waals surface area contributed by atoms with Gasteiger partial charge in [-0.15, -0.1) is 0 Å². The summed E-state index contributed by atoms with van der Waals surface area (Å²) < 4.78 is 28.1. The molecule has 4 rings (SSSR count). The Hall–Kier alpha value is -2.27. The molecule has 0 unspecified atom stereocenters. The molecule has 1 fully saturated rings. The molecular formula is C20H20F2N2O. The van der Waals surface area contributed by atoms with Crippen molar-refractivity contribution >= 4 is 11.6 Å². The van der Waals surface area contributed by atoms with Crippen LogP contribution in [0.5, 0.6) is 0 Å². The van der Waals surface area contributed by atoms with Gasteiger partial charge in [-0.3, -0.25) is 4.79 Å². The molecule has 1 amide bonds. The highest BCUT2D eigenvalue weighted by atomic mass is 19.1. The van der Waals surface area contributed by atoms with Crippen LogP contribution >= 0.6 is 0 Å². The number of benzene rings is 2. The number of halogens is 2. The fourth-order valence-electron chi connectivity index (χ4n) is 4.41. The second-order valence-corrected chi connectivity index (χ2v) is 6.90.